The van der Waals surface area contributed by atoms with Crippen molar-refractivity contribution in [2.75, 3.05) is 11.5 Å². The van der Waals surface area contributed by atoms with E-state index in [0.29, 0.717) is 39.9 Å². The molecule has 0 unspecified atom stereocenters. The lowest BCUT2D eigenvalue weighted by atomic mass is 10.3. The maximum absolute atomic E-state index is 11.5. The van der Waals surface area contributed by atoms with Crippen LogP contribution in [0.3, 0.4) is 0 Å². The summed E-state index contributed by atoms with van der Waals surface area (Å²) in [4.78, 5) is 73.5. The van der Waals surface area contributed by atoms with Gasteiger partial charge in [0, 0.05) is 42.1 Å². The quantitative estimate of drug-likeness (QED) is 0.208. The Labute approximate surface area is 287 Å². The van der Waals surface area contributed by atoms with Gasteiger partial charge in [-0.15, -0.1) is 0 Å². The van der Waals surface area contributed by atoms with E-state index in [9.17, 15) is 19.2 Å². The number of aryl methyl sites for hydroxylation is 2. The fraction of sp³-hybridized carbons (Fsp3) is 0.438. The van der Waals surface area contributed by atoms with Gasteiger partial charge in [0.25, 0.3) is 11.1 Å². The average molecular weight is 691 g/mol. The number of fused-ring (bicyclic) bond motifs is 2. The lowest BCUT2D eigenvalue weighted by Crippen LogP contribution is -2.31. The second kappa shape index (κ2) is 16.4. The van der Waals surface area contributed by atoms with Gasteiger partial charge < -0.3 is 25.6 Å². The first-order chi connectivity index (χ1) is 23.4. The molecular formula is C32H46N14O4. The third-order valence-corrected chi connectivity index (χ3v) is 7.16. The summed E-state index contributed by atoms with van der Waals surface area (Å²) in [5.41, 5.74) is 12.9. The van der Waals surface area contributed by atoms with Crippen molar-refractivity contribution >= 4 is 34.0 Å². The Balaban J connectivity index is 0.000000181. The minimum Gasteiger partial charge on any atom is -0.383 e. The summed E-state index contributed by atoms with van der Waals surface area (Å²) in [6, 6.07) is 2.41. The first-order valence-electron chi connectivity index (χ1n) is 16.0. The largest absolute Gasteiger partial charge is 0.383 e. The number of nitrogens with one attached hydrogen (secondary N) is 2. The lowest BCUT2D eigenvalue weighted by Gasteiger charge is -2.08. The Hall–Kier alpha value is -5.94. The molecule has 50 heavy (non-hydrogen) atoms. The minimum atomic E-state index is -0.347. The first kappa shape index (κ1) is 38.5. The van der Waals surface area contributed by atoms with Gasteiger partial charge in [-0.05, 0) is 75.3 Å². The normalized spacial score (nSPS) is 11.0. The molecule has 0 spiro atoms. The smallest absolute Gasteiger partial charge is 0.349 e. The van der Waals surface area contributed by atoms with Gasteiger partial charge in [-0.2, -0.15) is 4.98 Å². The summed E-state index contributed by atoms with van der Waals surface area (Å²) < 4.78 is 6.87. The number of aromatic nitrogens is 12. The predicted molar refractivity (Wildman–Crippen MR) is 193 cm³/mol. The van der Waals surface area contributed by atoms with Gasteiger partial charge in [0.15, 0.2) is 22.6 Å². The number of H-pyrrole nitrogens is 2. The van der Waals surface area contributed by atoms with Gasteiger partial charge in [0.2, 0.25) is 0 Å². The molecule has 0 fully saturated rings. The summed E-state index contributed by atoms with van der Waals surface area (Å²) in [6.07, 6.45) is 8.07. The molecule has 0 saturated carbocycles. The third kappa shape index (κ3) is 9.36. The van der Waals surface area contributed by atoms with Crippen LogP contribution in [-0.4, -0.2) is 58.1 Å². The summed E-state index contributed by atoms with van der Waals surface area (Å²) in [5.74, 6) is 1.32. The molecule has 0 aliphatic heterocycles. The number of nitrogens with two attached hydrogens (primary N) is 2. The number of nitrogen functional groups attached to an aromatic ring is 2. The summed E-state index contributed by atoms with van der Waals surface area (Å²) in [7, 11) is 0. The zero-order valence-electron chi connectivity index (χ0n) is 30.0. The molecule has 18 heteroatoms. The number of hydrogen-bond donors (Lipinski definition) is 4. The van der Waals surface area contributed by atoms with E-state index in [1.54, 1.807) is 45.0 Å². The molecule has 6 aromatic rings. The molecule has 0 aliphatic rings. The lowest BCUT2D eigenvalue weighted by molar-refractivity contribution is 0.558. The fourth-order valence-electron chi connectivity index (χ4n) is 4.45. The van der Waals surface area contributed by atoms with E-state index in [2.05, 4.69) is 53.7 Å². The molecule has 0 radical (unpaired) electrons. The van der Waals surface area contributed by atoms with Crippen LogP contribution in [0.5, 0.6) is 0 Å². The molecule has 0 amide bonds. The van der Waals surface area contributed by atoms with Crippen molar-refractivity contribution in [1.82, 2.24) is 58.1 Å². The van der Waals surface area contributed by atoms with Crippen LogP contribution < -0.4 is 34.0 Å². The minimum absolute atomic E-state index is 0.0769. The fourth-order valence-corrected chi connectivity index (χ4v) is 4.45. The molecular weight excluding hydrogens is 644 g/mol. The van der Waals surface area contributed by atoms with Crippen LogP contribution >= 0.6 is 0 Å². The Kier molecular flexibility index (Phi) is 12.7. The van der Waals surface area contributed by atoms with Crippen molar-refractivity contribution < 1.29 is 0 Å². The van der Waals surface area contributed by atoms with Gasteiger partial charge in [0.1, 0.15) is 23.5 Å². The van der Waals surface area contributed by atoms with Crippen molar-refractivity contribution in [3.05, 3.63) is 90.5 Å². The topological polar surface area (TPSA) is 249 Å². The molecule has 0 aliphatic carbocycles. The van der Waals surface area contributed by atoms with Gasteiger partial charge in [-0.1, -0.05) is 0 Å². The standard InChI is InChI=1S/C9H12N4O.C8H11N5.C8H12N2O2.C7H11N3O/c1-5(2)13-4-10-7-8(13)11-6(3)12-9(7)14;1-5(2)13-4-12-6-7(9)10-3-11-8(6)13;1-5(2)10-4-6(3)7(11)9-8(10)12;1-5(2)10-4-3-6(8)9-7(10)11/h4-5H,1-3H3,(H,11,12,14);3-5H,1-2H3,(H2,9,10,11);4-5H,1-3H3,(H,9,11,12);3-5H,1-2H3,(H2,8,9,11). The summed E-state index contributed by atoms with van der Waals surface area (Å²) in [6.45, 7) is 19.2. The number of imidazole rings is 2. The molecule has 0 saturated heterocycles. The Morgan fingerprint density at radius 2 is 1.20 bits per heavy atom. The number of aromatic amines is 2. The van der Waals surface area contributed by atoms with Gasteiger partial charge in [-0.3, -0.25) is 23.7 Å². The van der Waals surface area contributed by atoms with Crippen LogP contribution in [0.15, 0.2) is 56.6 Å². The van der Waals surface area contributed by atoms with E-state index in [-0.39, 0.29) is 46.4 Å². The Morgan fingerprint density at radius 3 is 1.76 bits per heavy atom. The maximum atomic E-state index is 11.5. The van der Waals surface area contributed by atoms with Crippen LogP contribution in [0.2, 0.25) is 0 Å². The van der Waals surface area contributed by atoms with Crippen molar-refractivity contribution in [1.29, 1.82) is 0 Å². The van der Waals surface area contributed by atoms with E-state index in [1.165, 1.54) is 15.5 Å². The maximum Gasteiger partial charge on any atom is 0.349 e. The molecule has 0 aromatic carbocycles. The van der Waals surface area contributed by atoms with Gasteiger partial charge >= 0.3 is 11.4 Å². The molecule has 268 valence electrons. The van der Waals surface area contributed by atoms with Gasteiger partial charge in [-0.25, -0.2) is 34.5 Å². The Morgan fingerprint density at radius 1 is 0.640 bits per heavy atom. The van der Waals surface area contributed by atoms with Crippen LogP contribution in [0, 0.1) is 13.8 Å². The third-order valence-electron chi connectivity index (χ3n) is 7.16. The van der Waals surface area contributed by atoms with Crippen molar-refractivity contribution in [2.24, 2.45) is 0 Å². The predicted octanol–water partition coefficient (Wildman–Crippen LogP) is 2.83. The number of anilines is 2. The van der Waals surface area contributed by atoms with E-state index < -0.39 is 0 Å². The molecule has 6 rings (SSSR count). The molecule has 6 aromatic heterocycles. The number of rotatable bonds is 4. The van der Waals surface area contributed by atoms with Crippen LogP contribution in [0.25, 0.3) is 22.3 Å². The second-order valence-corrected chi connectivity index (χ2v) is 12.5. The molecule has 6 N–H and O–H groups in total. The zero-order valence-corrected chi connectivity index (χ0v) is 30.0. The summed E-state index contributed by atoms with van der Waals surface area (Å²) >= 11 is 0. The van der Waals surface area contributed by atoms with Crippen LogP contribution in [-0.2, 0) is 0 Å². The van der Waals surface area contributed by atoms with E-state index >= 15 is 0 Å². The zero-order chi connectivity index (χ0) is 37.4. The summed E-state index contributed by atoms with van der Waals surface area (Å²) in [5, 5.41) is 0. The van der Waals surface area contributed by atoms with Crippen molar-refractivity contribution in [3.8, 4) is 0 Å². The van der Waals surface area contributed by atoms with Crippen LogP contribution in [0.1, 0.15) is 90.9 Å². The molecule has 6 heterocycles. The van der Waals surface area contributed by atoms with E-state index in [4.69, 9.17) is 11.5 Å². The molecule has 0 atom stereocenters. The molecule has 0 bridgehead atoms. The highest BCUT2D eigenvalue weighted by Crippen LogP contribution is 2.17. The highest BCUT2D eigenvalue weighted by Gasteiger charge is 2.11. The number of hydrogen-bond acceptors (Lipinski definition) is 12. The monoisotopic (exact) mass is 690 g/mol. The first-order valence-corrected chi connectivity index (χ1v) is 16.0. The highest BCUT2D eigenvalue weighted by molar-refractivity contribution is 5.81. The Bertz CT molecular complexity index is 2290. The van der Waals surface area contributed by atoms with Crippen molar-refractivity contribution in [3.63, 3.8) is 0 Å². The van der Waals surface area contributed by atoms with E-state index in [1.807, 2.05) is 50.7 Å². The molecule has 18 nitrogen and oxygen atoms in total. The van der Waals surface area contributed by atoms with E-state index in [0.717, 1.165) is 5.65 Å². The highest BCUT2D eigenvalue weighted by atomic mass is 16.2. The SMILES string of the molecule is CC(C)n1ccc(N)nc1=O.CC(C)n1cnc2c(N)ncnc21.Cc1cn(C(C)C)c(=O)[nH]c1=O.Cc1nc2c(ncn2C(C)C)c(=O)[nH]1. The van der Waals surface area contributed by atoms with Crippen LogP contribution in [0.4, 0.5) is 11.6 Å². The van der Waals surface area contributed by atoms with Gasteiger partial charge in [0.05, 0.1) is 12.7 Å². The second-order valence-electron chi connectivity index (χ2n) is 12.5. The average Bonchev–Trinajstić information content (AvgIpc) is 3.66. The van der Waals surface area contributed by atoms with Crippen molar-refractivity contribution in [2.45, 2.75) is 93.4 Å². The number of nitrogens with zero attached hydrogens (tertiary/aromatic N) is 10.